The van der Waals surface area contributed by atoms with E-state index in [9.17, 15) is 23.9 Å². The van der Waals surface area contributed by atoms with Gasteiger partial charge >= 0.3 is 0 Å². The molecule has 0 saturated carbocycles. The van der Waals surface area contributed by atoms with Crippen LogP contribution in [0.15, 0.2) is 30.3 Å². The van der Waals surface area contributed by atoms with Crippen LogP contribution in [0.4, 0.5) is 4.39 Å². The number of likely N-dealkylation sites (tertiary alicyclic amines) is 1. The molecule has 1 atom stereocenters. The topological polar surface area (TPSA) is 114 Å². The third-order valence-electron chi connectivity index (χ3n) is 7.27. The second-order valence-corrected chi connectivity index (χ2v) is 9.43. The van der Waals surface area contributed by atoms with Crippen LogP contribution in [-0.2, 0) is 22.7 Å². The SMILES string of the molecule is N#Cc1cc(CN2CCC(c3cc(F)cc4c3CN(C3CCC(=O)NC3=O)C4=O)CC2)ccc1O. The number of nitrogens with one attached hydrogen (secondary N) is 1. The summed E-state index contributed by atoms with van der Waals surface area (Å²) in [5.74, 6) is -1.60. The molecule has 8 nitrogen and oxygen atoms in total. The average Bonchev–Trinajstić information content (AvgIpc) is 3.16. The molecule has 0 aromatic heterocycles. The molecular formula is C26H25FN4O4. The molecular weight excluding hydrogens is 451 g/mol. The minimum Gasteiger partial charge on any atom is -0.507 e. The predicted molar refractivity (Wildman–Crippen MR) is 123 cm³/mol. The number of phenols is 1. The van der Waals surface area contributed by atoms with Crippen molar-refractivity contribution < 1.29 is 23.9 Å². The maximum absolute atomic E-state index is 14.6. The van der Waals surface area contributed by atoms with Crippen LogP contribution in [0.2, 0.25) is 0 Å². The summed E-state index contributed by atoms with van der Waals surface area (Å²) in [5, 5.41) is 21.1. The highest BCUT2D eigenvalue weighted by Gasteiger charge is 2.41. The van der Waals surface area contributed by atoms with Gasteiger partial charge in [0.2, 0.25) is 11.8 Å². The Morgan fingerprint density at radius 1 is 1.11 bits per heavy atom. The summed E-state index contributed by atoms with van der Waals surface area (Å²) in [6, 6.07) is 9.05. The van der Waals surface area contributed by atoms with Crippen molar-refractivity contribution in [2.75, 3.05) is 13.1 Å². The summed E-state index contributed by atoms with van der Waals surface area (Å²) in [5.41, 5.74) is 3.09. The minimum absolute atomic E-state index is 0.0317. The second kappa shape index (κ2) is 9.12. The van der Waals surface area contributed by atoms with E-state index in [1.54, 1.807) is 12.1 Å². The van der Waals surface area contributed by atoms with Crippen molar-refractivity contribution in [3.8, 4) is 11.8 Å². The number of carbonyl (C=O) groups excluding carboxylic acids is 3. The lowest BCUT2D eigenvalue weighted by Gasteiger charge is -2.33. The highest BCUT2D eigenvalue weighted by Crippen LogP contribution is 2.38. The number of benzene rings is 2. The van der Waals surface area contributed by atoms with Crippen LogP contribution in [0.5, 0.6) is 5.75 Å². The zero-order valence-corrected chi connectivity index (χ0v) is 19.1. The van der Waals surface area contributed by atoms with Gasteiger partial charge in [-0.1, -0.05) is 6.07 Å². The smallest absolute Gasteiger partial charge is 0.255 e. The quantitative estimate of drug-likeness (QED) is 0.656. The lowest BCUT2D eigenvalue weighted by atomic mass is 9.85. The number of halogens is 1. The molecule has 0 spiro atoms. The van der Waals surface area contributed by atoms with Crippen LogP contribution in [0.1, 0.15) is 64.2 Å². The molecule has 3 amide bonds. The van der Waals surface area contributed by atoms with Gasteiger partial charge in [-0.3, -0.25) is 24.6 Å². The normalized spacial score (nSPS) is 21.1. The fourth-order valence-electron chi connectivity index (χ4n) is 5.45. The molecule has 0 radical (unpaired) electrons. The van der Waals surface area contributed by atoms with Crippen LogP contribution >= 0.6 is 0 Å². The van der Waals surface area contributed by atoms with Gasteiger partial charge in [0.25, 0.3) is 5.91 Å². The number of amides is 3. The van der Waals surface area contributed by atoms with Gasteiger partial charge in [0.15, 0.2) is 0 Å². The predicted octanol–water partition coefficient (Wildman–Crippen LogP) is 2.54. The Balaban J connectivity index is 1.30. The first kappa shape index (κ1) is 23.0. The zero-order valence-electron chi connectivity index (χ0n) is 19.1. The van der Waals surface area contributed by atoms with Crippen molar-refractivity contribution in [3.63, 3.8) is 0 Å². The van der Waals surface area contributed by atoms with Crippen molar-refractivity contribution >= 4 is 17.7 Å². The standard InChI is InChI=1S/C26H25FN4O4/c27-18-10-19(16-5-7-30(8-6-16)13-15-1-3-23(32)17(9-15)12-28)21-14-31(26(35)20(21)11-18)22-2-4-24(33)29-25(22)34/h1,3,9-11,16,22,32H,2,4-8,13-14H2,(H,29,33,34). The van der Waals surface area contributed by atoms with Gasteiger partial charge < -0.3 is 10.0 Å². The number of nitriles is 1. The van der Waals surface area contributed by atoms with Crippen LogP contribution in [0.25, 0.3) is 0 Å². The molecule has 3 heterocycles. The Morgan fingerprint density at radius 3 is 2.60 bits per heavy atom. The number of phenolic OH excluding ortho intramolecular Hbond substituents is 1. The number of fused-ring (bicyclic) bond motifs is 1. The molecule has 180 valence electrons. The fraction of sp³-hybridized carbons (Fsp3) is 0.385. The van der Waals surface area contributed by atoms with E-state index in [-0.39, 0.29) is 48.4 Å². The number of imide groups is 1. The first-order chi connectivity index (χ1) is 16.8. The number of hydrogen-bond donors (Lipinski definition) is 2. The van der Waals surface area contributed by atoms with E-state index < -0.39 is 17.8 Å². The lowest BCUT2D eigenvalue weighted by Crippen LogP contribution is -2.52. The van der Waals surface area contributed by atoms with Crippen LogP contribution in [0.3, 0.4) is 0 Å². The molecule has 3 aliphatic rings. The van der Waals surface area contributed by atoms with Crippen molar-refractivity contribution in [2.24, 2.45) is 0 Å². The number of carbonyl (C=O) groups is 3. The van der Waals surface area contributed by atoms with Gasteiger partial charge in [-0.05, 0) is 79.2 Å². The molecule has 2 fully saturated rings. The molecule has 2 aromatic rings. The molecule has 3 aliphatic heterocycles. The van der Waals surface area contributed by atoms with Gasteiger partial charge in [-0.15, -0.1) is 0 Å². The Bertz CT molecular complexity index is 1260. The van der Waals surface area contributed by atoms with E-state index in [2.05, 4.69) is 10.2 Å². The Labute approximate surface area is 201 Å². The second-order valence-electron chi connectivity index (χ2n) is 9.43. The molecule has 0 bridgehead atoms. The third-order valence-corrected chi connectivity index (χ3v) is 7.27. The van der Waals surface area contributed by atoms with Crippen LogP contribution < -0.4 is 5.32 Å². The Morgan fingerprint density at radius 2 is 1.89 bits per heavy atom. The number of aromatic hydroxyl groups is 1. The van der Waals surface area contributed by atoms with E-state index in [1.807, 2.05) is 6.07 Å². The van der Waals surface area contributed by atoms with Gasteiger partial charge in [-0.25, -0.2) is 4.39 Å². The number of rotatable bonds is 4. The summed E-state index contributed by atoms with van der Waals surface area (Å²) in [6.45, 7) is 2.42. The van der Waals surface area contributed by atoms with Crippen LogP contribution in [0, 0.1) is 17.1 Å². The maximum Gasteiger partial charge on any atom is 0.255 e. The summed E-state index contributed by atoms with van der Waals surface area (Å²) in [4.78, 5) is 40.7. The monoisotopic (exact) mass is 476 g/mol. The molecule has 35 heavy (non-hydrogen) atoms. The third kappa shape index (κ3) is 4.37. The van der Waals surface area contributed by atoms with Gasteiger partial charge in [0.05, 0.1) is 5.56 Å². The number of piperidine rings is 2. The molecule has 5 rings (SSSR count). The molecule has 2 aromatic carbocycles. The van der Waals surface area contributed by atoms with E-state index in [0.717, 1.165) is 42.6 Å². The fourth-order valence-corrected chi connectivity index (χ4v) is 5.45. The summed E-state index contributed by atoms with van der Waals surface area (Å²) in [7, 11) is 0. The molecule has 2 N–H and O–H groups in total. The van der Waals surface area contributed by atoms with Crippen LogP contribution in [-0.4, -0.2) is 51.8 Å². The van der Waals surface area contributed by atoms with Crippen molar-refractivity contribution in [2.45, 2.75) is 50.7 Å². The molecule has 0 aliphatic carbocycles. The van der Waals surface area contributed by atoms with E-state index in [4.69, 9.17) is 5.26 Å². The number of nitrogens with zero attached hydrogens (tertiary/aromatic N) is 3. The lowest BCUT2D eigenvalue weighted by molar-refractivity contribution is -0.136. The van der Waals surface area contributed by atoms with E-state index >= 15 is 0 Å². The summed E-state index contributed by atoms with van der Waals surface area (Å²) < 4.78 is 14.6. The van der Waals surface area contributed by atoms with Crippen molar-refractivity contribution in [1.82, 2.24) is 15.1 Å². The van der Waals surface area contributed by atoms with Crippen molar-refractivity contribution in [1.29, 1.82) is 5.26 Å². The first-order valence-corrected chi connectivity index (χ1v) is 11.8. The molecule has 9 heteroatoms. The van der Waals surface area contributed by atoms with Crippen molar-refractivity contribution in [3.05, 3.63) is 64.0 Å². The summed E-state index contributed by atoms with van der Waals surface area (Å²) in [6.07, 6.45) is 2.01. The average molecular weight is 477 g/mol. The highest BCUT2D eigenvalue weighted by atomic mass is 19.1. The zero-order chi connectivity index (χ0) is 24.7. The molecule has 1 unspecified atom stereocenters. The Kier molecular flexibility index (Phi) is 5.99. The van der Waals surface area contributed by atoms with E-state index in [0.29, 0.717) is 12.1 Å². The van der Waals surface area contributed by atoms with Gasteiger partial charge in [0.1, 0.15) is 23.7 Å². The highest BCUT2D eigenvalue weighted by molar-refractivity contribution is 6.05. The van der Waals surface area contributed by atoms with Gasteiger partial charge in [0, 0.05) is 25.1 Å². The van der Waals surface area contributed by atoms with E-state index in [1.165, 1.54) is 23.1 Å². The van der Waals surface area contributed by atoms with Gasteiger partial charge in [-0.2, -0.15) is 5.26 Å². The maximum atomic E-state index is 14.6. The number of hydrogen-bond acceptors (Lipinski definition) is 6. The minimum atomic E-state index is -0.728. The Hall–Kier alpha value is -3.77. The summed E-state index contributed by atoms with van der Waals surface area (Å²) >= 11 is 0. The first-order valence-electron chi connectivity index (χ1n) is 11.8. The molecule has 2 saturated heterocycles. The largest absolute Gasteiger partial charge is 0.507 e.